The van der Waals surface area contributed by atoms with Crippen LogP contribution in [0.3, 0.4) is 0 Å². The molecule has 4 heteroatoms. The van der Waals surface area contributed by atoms with Gasteiger partial charge in [-0.05, 0) is 18.1 Å². The molecule has 2 heterocycles. The van der Waals surface area contributed by atoms with Crippen LogP contribution in [0.5, 0.6) is 0 Å². The number of hydrogen-bond acceptors (Lipinski definition) is 4. The Morgan fingerprint density at radius 2 is 2.00 bits per heavy atom. The van der Waals surface area contributed by atoms with E-state index in [9.17, 15) is 0 Å². The van der Waals surface area contributed by atoms with Crippen molar-refractivity contribution in [3.63, 3.8) is 0 Å². The van der Waals surface area contributed by atoms with Gasteiger partial charge in [-0.25, -0.2) is 9.97 Å². The maximum Gasteiger partial charge on any atom is 0.136 e. The summed E-state index contributed by atoms with van der Waals surface area (Å²) in [4.78, 5) is 10.3. The van der Waals surface area contributed by atoms with Gasteiger partial charge in [0.05, 0.1) is 20.1 Å². The van der Waals surface area contributed by atoms with E-state index >= 15 is 0 Å². The molecule has 0 saturated carbocycles. The van der Waals surface area contributed by atoms with Crippen LogP contribution < -0.4 is 0 Å². The number of thiazole rings is 2. The molecule has 92 valence electrons. The quantitative estimate of drug-likeness (QED) is 0.696. The van der Waals surface area contributed by atoms with Crippen LogP contribution in [0.25, 0.3) is 20.1 Å². The van der Waals surface area contributed by atoms with Crippen molar-refractivity contribution >= 4 is 32.9 Å². The van der Waals surface area contributed by atoms with Gasteiger partial charge < -0.3 is 0 Å². The number of nitrogens with zero attached hydrogens (tertiary/aromatic N) is 2. The van der Waals surface area contributed by atoms with Crippen molar-refractivity contribution < 1.29 is 0 Å². The third-order valence-corrected chi connectivity index (χ3v) is 4.87. The molecule has 0 aliphatic rings. The van der Waals surface area contributed by atoms with Gasteiger partial charge in [0.2, 0.25) is 0 Å². The molecule has 2 aromatic heterocycles. The van der Waals surface area contributed by atoms with Crippen LogP contribution >= 0.6 is 22.7 Å². The van der Waals surface area contributed by atoms with Crippen molar-refractivity contribution in [2.24, 2.45) is 5.92 Å². The summed E-state index contributed by atoms with van der Waals surface area (Å²) < 4.78 is 1.24. The predicted octanol–water partition coefficient (Wildman–Crippen LogP) is 4.62. The summed E-state index contributed by atoms with van der Waals surface area (Å²) in [5.41, 5.74) is 1.08. The summed E-state index contributed by atoms with van der Waals surface area (Å²) >= 11 is 3.51. The molecule has 0 fully saturated rings. The summed E-state index contributed by atoms with van der Waals surface area (Å²) in [5.74, 6) is 0.652. The molecular formula is C14H14N2S2. The first-order chi connectivity index (χ1) is 8.72. The molecule has 0 aliphatic carbocycles. The molecule has 3 aromatic rings. The van der Waals surface area contributed by atoms with Crippen LogP contribution in [-0.2, 0) is 6.42 Å². The largest absolute Gasteiger partial charge is 0.249 e. The van der Waals surface area contributed by atoms with Crippen molar-refractivity contribution in [1.82, 2.24) is 9.97 Å². The fourth-order valence-corrected chi connectivity index (χ4v) is 3.97. The number of para-hydroxylation sites is 1. The van der Waals surface area contributed by atoms with Crippen molar-refractivity contribution in [2.45, 2.75) is 20.3 Å². The van der Waals surface area contributed by atoms with E-state index < -0.39 is 0 Å². The molecule has 1 aromatic carbocycles. The lowest BCUT2D eigenvalue weighted by molar-refractivity contribution is 0.644. The highest BCUT2D eigenvalue weighted by Crippen LogP contribution is 2.33. The fourth-order valence-electron chi connectivity index (χ4n) is 1.83. The molecular weight excluding hydrogens is 260 g/mol. The van der Waals surface area contributed by atoms with E-state index in [1.54, 1.807) is 22.7 Å². The summed E-state index contributed by atoms with van der Waals surface area (Å²) in [6.07, 6.45) is 3.01. The van der Waals surface area contributed by atoms with Gasteiger partial charge in [0.25, 0.3) is 0 Å². The van der Waals surface area contributed by atoms with Crippen LogP contribution in [-0.4, -0.2) is 9.97 Å². The highest BCUT2D eigenvalue weighted by molar-refractivity contribution is 7.25. The molecule has 3 rings (SSSR count). The first kappa shape index (κ1) is 11.8. The number of aromatic nitrogens is 2. The number of fused-ring (bicyclic) bond motifs is 1. The van der Waals surface area contributed by atoms with Gasteiger partial charge in [0.1, 0.15) is 5.01 Å². The normalized spacial score (nSPS) is 11.5. The van der Waals surface area contributed by atoms with Crippen molar-refractivity contribution in [2.75, 3.05) is 0 Å². The van der Waals surface area contributed by atoms with Crippen molar-refractivity contribution in [3.05, 3.63) is 35.5 Å². The first-order valence-corrected chi connectivity index (χ1v) is 7.66. The second-order valence-corrected chi connectivity index (χ2v) is 6.85. The molecule has 0 bridgehead atoms. The molecule has 18 heavy (non-hydrogen) atoms. The zero-order valence-corrected chi connectivity index (χ0v) is 12.0. The third kappa shape index (κ3) is 2.31. The monoisotopic (exact) mass is 274 g/mol. The molecule has 0 atom stereocenters. The van der Waals surface area contributed by atoms with Crippen molar-refractivity contribution in [3.8, 4) is 9.88 Å². The van der Waals surface area contributed by atoms with Crippen molar-refractivity contribution in [1.29, 1.82) is 0 Å². The molecule has 0 saturated heterocycles. The lowest BCUT2D eigenvalue weighted by atomic mass is 10.1. The highest BCUT2D eigenvalue weighted by Gasteiger charge is 2.10. The van der Waals surface area contributed by atoms with Gasteiger partial charge in [0.15, 0.2) is 0 Å². The molecule has 0 unspecified atom stereocenters. The minimum atomic E-state index is 0.652. The smallest absolute Gasteiger partial charge is 0.136 e. The minimum Gasteiger partial charge on any atom is -0.249 e. The van der Waals surface area contributed by atoms with E-state index in [1.165, 1.54) is 14.6 Å². The lowest BCUT2D eigenvalue weighted by Crippen LogP contribution is -1.91. The Kier molecular flexibility index (Phi) is 3.14. The van der Waals surface area contributed by atoms with Crippen LogP contribution in [0, 0.1) is 5.92 Å². The Balaban J connectivity index is 1.96. The standard InChI is InChI=1S/C14H14N2S2/c1-9(2)7-13-15-8-12(17-13)14-16-10-5-3-4-6-11(10)18-14/h3-6,8-9H,7H2,1-2H3. The minimum absolute atomic E-state index is 0.652. The lowest BCUT2D eigenvalue weighted by Gasteiger charge is -1.97. The Bertz CT molecular complexity index is 634. The molecule has 0 aliphatic heterocycles. The molecule has 2 nitrogen and oxygen atoms in total. The summed E-state index contributed by atoms with van der Waals surface area (Å²) in [6.45, 7) is 4.44. The van der Waals surface area contributed by atoms with Crippen LogP contribution in [0.15, 0.2) is 30.5 Å². The molecule has 0 amide bonds. The Morgan fingerprint density at radius 1 is 1.17 bits per heavy atom. The van der Waals surface area contributed by atoms with E-state index in [1.807, 2.05) is 12.3 Å². The van der Waals surface area contributed by atoms with Gasteiger partial charge in [-0.3, -0.25) is 0 Å². The molecule has 0 N–H and O–H groups in total. The second-order valence-electron chi connectivity index (χ2n) is 4.70. The van der Waals surface area contributed by atoms with E-state index in [2.05, 4.69) is 42.0 Å². The zero-order valence-electron chi connectivity index (χ0n) is 10.4. The van der Waals surface area contributed by atoms with Crippen LogP contribution in [0.2, 0.25) is 0 Å². The van der Waals surface area contributed by atoms with E-state index in [-0.39, 0.29) is 0 Å². The molecule has 0 spiro atoms. The number of benzene rings is 1. The zero-order chi connectivity index (χ0) is 12.5. The predicted molar refractivity (Wildman–Crippen MR) is 79.3 cm³/mol. The maximum atomic E-state index is 4.66. The van der Waals surface area contributed by atoms with E-state index in [0.717, 1.165) is 16.9 Å². The Hall–Kier alpha value is -1.26. The van der Waals surface area contributed by atoms with Gasteiger partial charge in [-0.15, -0.1) is 22.7 Å². The fraction of sp³-hybridized carbons (Fsp3) is 0.286. The average Bonchev–Trinajstić information content (AvgIpc) is 2.93. The number of hydrogen-bond donors (Lipinski definition) is 0. The molecule has 0 radical (unpaired) electrons. The first-order valence-electron chi connectivity index (χ1n) is 6.03. The number of rotatable bonds is 3. The maximum absolute atomic E-state index is 4.66. The SMILES string of the molecule is CC(C)Cc1ncc(-c2nc3ccccc3s2)s1. The van der Waals surface area contributed by atoms with E-state index in [4.69, 9.17) is 0 Å². The summed E-state index contributed by atoms with van der Waals surface area (Å²) in [7, 11) is 0. The van der Waals surface area contributed by atoms with Crippen LogP contribution in [0.4, 0.5) is 0 Å². The second kappa shape index (κ2) is 4.78. The summed E-state index contributed by atoms with van der Waals surface area (Å²) in [6, 6.07) is 8.27. The average molecular weight is 274 g/mol. The third-order valence-electron chi connectivity index (χ3n) is 2.64. The topological polar surface area (TPSA) is 25.8 Å². The van der Waals surface area contributed by atoms with Gasteiger partial charge in [-0.1, -0.05) is 26.0 Å². The Labute approximate surface area is 114 Å². The van der Waals surface area contributed by atoms with Crippen LogP contribution in [0.1, 0.15) is 18.9 Å². The van der Waals surface area contributed by atoms with Gasteiger partial charge in [-0.2, -0.15) is 0 Å². The summed E-state index contributed by atoms with van der Waals surface area (Å²) in [5, 5.41) is 2.29. The highest BCUT2D eigenvalue weighted by atomic mass is 32.1. The van der Waals surface area contributed by atoms with Gasteiger partial charge in [0, 0.05) is 12.6 Å². The van der Waals surface area contributed by atoms with Gasteiger partial charge >= 0.3 is 0 Å². The Morgan fingerprint density at radius 3 is 2.78 bits per heavy atom. The van der Waals surface area contributed by atoms with E-state index in [0.29, 0.717) is 5.92 Å².